The van der Waals surface area contributed by atoms with Crippen molar-refractivity contribution in [3.63, 3.8) is 0 Å². The number of likely N-dealkylation sites (N-methyl/N-ethyl adjacent to an activating group) is 1. The highest BCUT2D eigenvalue weighted by molar-refractivity contribution is 6.31. The third kappa shape index (κ3) is 3.54. The summed E-state index contributed by atoms with van der Waals surface area (Å²) >= 11 is 5.96. The van der Waals surface area contributed by atoms with Crippen molar-refractivity contribution in [2.45, 2.75) is 6.54 Å². The van der Waals surface area contributed by atoms with Gasteiger partial charge in [-0.2, -0.15) is 5.26 Å². The van der Waals surface area contributed by atoms with E-state index in [1.165, 1.54) is 0 Å². The quantitative estimate of drug-likeness (QED) is 0.868. The molecule has 0 aliphatic rings. The Labute approximate surface area is 98.7 Å². The summed E-state index contributed by atoms with van der Waals surface area (Å²) in [4.78, 5) is 12.1. The summed E-state index contributed by atoms with van der Waals surface area (Å²) in [6.07, 6.45) is 0. The highest BCUT2D eigenvalue weighted by Crippen LogP contribution is 2.18. The zero-order chi connectivity index (χ0) is 12.1. The molecule has 1 rings (SSSR count). The average molecular weight is 239 g/mol. The molecule has 0 atom stereocenters. The third-order valence-corrected chi connectivity index (χ3v) is 2.38. The maximum absolute atomic E-state index is 10.5. The summed E-state index contributed by atoms with van der Waals surface area (Å²) in [6.45, 7) is 0.396. The molecular weight excluding hydrogens is 228 g/mol. The molecule has 0 heterocycles. The second-order valence-electron chi connectivity index (χ2n) is 3.48. The van der Waals surface area contributed by atoms with Gasteiger partial charge in [0.2, 0.25) is 0 Å². The van der Waals surface area contributed by atoms with E-state index in [0.717, 1.165) is 5.56 Å². The van der Waals surface area contributed by atoms with Crippen LogP contribution in [0.5, 0.6) is 0 Å². The van der Waals surface area contributed by atoms with Crippen LogP contribution >= 0.6 is 11.6 Å². The molecular formula is C11H11ClN2O2. The molecule has 16 heavy (non-hydrogen) atoms. The van der Waals surface area contributed by atoms with Crippen molar-refractivity contribution < 1.29 is 9.90 Å². The van der Waals surface area contributed by atoms with E-state index in [9.17, 15) is 4.79 Å². The summed E-state index contributed by atoms with van der Waals surface area (Å²) in [5.74, 6) is -0.882. The second kappa shape index (κ2) is 5.50. The molecule has 84 valence electrons. The van der Waals surface area contributed by atoms with Crippen LogP contribution in [0, 0.1) is 11.3 Å². The van der Waals surface area contributed by atoms with Crippen LogP contribution in [-0.4, -0.2) is 29.6 Å². The molecule has 0 fully saturated rings. The lowest BCUT2D eigenvalue weighted by molar-refractivity contribution is -0.138. The average Bonchev–Trinajstić information content (AvgIpc) is 2.19. The molecule has 0 aromatic heterocycles. The topological polar surface area (TPSA) is 64.3 Å². The Hall–Kier alpha value is -1.57. The minimum atomic E-state index is -0.882. The van der Waals surface area contributed by atoms with Crippen molar-refractivity contribution in [3.8, 4) is 6.07 Å². The minimum Gasteiger partial charge on any atom is -0.480 e. The Morgan fingerprint density at radius 1 is 1.62 bits per heavy atom. The largest absolute Gasteiger partial charge is 0.480 e. The first-order valence-corrected chi connectivity index (χ1v) is 4.99. The molecule has 1 aromatic rings. The number of carboxylic acids is 1. The van der Waals surface area contributed by atoms with Crippen molar-refractivity contribution in [3.05, 3.63) is 34.3 Å². The number of nitrogens with zero attached hydrogens (tertiary/aromatic N) is 2. The first kappa shape index (κ1) is 12.5. The lowest BCUT2D eigenvalue weighted by Crippen LogP contribution is -2.25. The molecule has 0 aliphatic carbocycles. The van der Waals surface area contributed by atoms with Crippen molar-refractivity contribution in [1.82, 2.24) is 4.90 Å². The number of rotatable bonds is 4. The molecule has 0 spiro atoms. The summed E-state index contributed by atoms with van der Waals surface area (Å²) in [5.41, 5.74) is 1.30. The zero-order valence-corrected chi connectivity index (χ0v) is 9.53. The van der Waals surface area contributed by atoms with Gasteiger partial charge in [0.05, 0.1) is 18.2 Å². The fourth-order valence-corrected chi connectivity index (χ4v) is 1.56. The zero-order valence-electron chi connectivity index (χ0n) is 8.77. The minimum absolute atomic E-state index is 0.0453. The van der Waals surface area contributed by atoms with Gasteiger partial charge < -0.3 is 5.11 Å². The van der Waals surface area contributed by atoms with Gasteiger partial charge in [-0.3, -0.25) is 9.69 Å². The van der Waals surface area contributed by atoms with Gasteiger partial charge in [0.15, 0.2) is 0 Å². The summed E-state index contributed by atoms with van der Waals surface area (Å²) in [7, 11) is 1.70. The predicted octanol–water partition coefficient (Wildman–Crippen LogP) is 1.73. The van der Waals surface area contributed by atoms with E-state index in [-0.39, 0.29) is 6.54 Å². The van der Waals surface area contributed by atoms with Gasteiger partial charge >= 0.3 is 5.97 Å². The van der Waals surface area contributed by atoms with Crippen molar-refractivity contribution in [2.75, 3.05) is 13.6 Å². The van der Waals surface area contributed by atoms with E-state index in [2.05, 4.69) is 0 Å². The molecule has 1 N–H and O–H groups in total. The molecule has 4 nitrogen and oxygen atoms in total. The third-order valence-electron chi connectivity index (χ3n) is 2.03. The molecule has 0 saturated heterocycles. The van der Waals surface area contributed by atoms with Crippen LogP contribution in [0.2, 0.25) is 5.02 Å². The number of aliphatic carboxylic acids is 1. The van der Waals surface area contributed by atoms with Crippen molar-refractivity contribution in [1.29, 1.82) is 5.26 Å². The van der Waals surface area contributed by atoms with Gasteiger partial charge in [0, 0.05) is 11.6 Å². The number of carboxylic acid groups (broad SMARTS) is 1. The molecule has 5 heteroatoms. The van der Waals surface area contributed by atoms with Gasteiger partial charge in [-0.05, 0) is 24.7 Å². The standard InChI is InChI=1S/C11H11ClN2O2/c1-14(7-11(15)16)6-9-3-2-8(5-13)4-10(9)12/h2-4H,6-7H2,1H3,(H,15,16). The number of nitriles is 1. The summed E-state index contributed by atoms with van der Waals surface area (Å²) in [5, 5.41) is 17.7. The van der Waals surface area contributed by atoms with Crippen LogP contribution in [0.3, 0.4) is 0 Å². The smallest absolute Gasteiger partial charge is 0.317 e. The Kier molecular flexibility index (Phi) is 4.29. The summed E-state index contributed by atoms with van der Waals surface area (Å²) in [6, 6.07) is 6.96. The molecule has 0 bridgehead atoms. The second-order valence-corrected chi connectivity index (χ2v) is 3.89. The van der Waals surface area contributed by atoms with Gasteiger partial charge in [0.25, 0.3) is 0 Å². The predicted molar refractivity (Wildman–Crippen MR) is 60.1 cm³/mol. The van der Waals surface area contributed by atoms with Gasteiger partial charge in [0.1, 0.15) is 0 Å². The van der Waals surface area contributed by atoms with Gasteiger partial charge in [-0.1, -0.05) is 17.7 Å². The van der Waals surface area contributed by atoms with E-state index >= 15 is 0 Å². The fourth-order valence-electron chi connectivity index (χ4n) is 1.32. The van der Waals surface area contributed by atoms with Crippen LogP contribution in [0.1, 0.15) is 11.1 Å². The Morgan fingerprint density at radius 2 is 2.31 bits per heavy atom. The van der Waals surface area contributed by atoms with Gasteiger partial charge in [-0.25, -0.2) is 0 Å². The normalized spacial score (nSPS) is 10.1. The lowest BCUT2D eigenvalue weighted by Gasteiger charge is -2.14. The fraction of sp³-hybridized carbons (Fsp3) is 0.273. The lowest BCUT2D eigenvalue weighted by atomic mass is 10.1. The summed E-state index contributed by atoms with van der Waals surface area (Å²) < 4.78 is 0. The van der Waals surface area contributed by atoms with Crippen LogP contribution in [-0.2, 0) is 11.3 Å². The van der Waals surface area contributed by atoms with Gasteiger partial charge in [-0.15, -0.1) is 0 Å². The Bertz CT molecular complexity index is 440. The van der Waals surface area contributed by atoms with E-state index in [4.69, 9.17) is 22.0 Å². The first-order valence-electron chi connectivity index (χ1n) is 4.62. The van der Waals surface area contributed by atoms with E-state index < -0.39 is 5.97 Å². The van der Waals surface area contributed by atoms with Crippen LogP contribution in [0.25, 0.3) is 0 Å². The molecule has 0 aliphatic heterocycles. The van der Waals surface area contributed by atoms with Crippen molar-refractivity contribution in [2.24, 2.45) is 0 Å². The molecule has 0 saturated carbocycles. The number of benzene rings is 1. The molecule has 0 amide bonds. The first-order chi connectivity index (χ1) is 7.52. The highest BCUT2D eigenvalue weighted by atomic mass is 35.5. The highest BCUT2D eigenvalue weighted by Gasteiger charge is 2.08. The number of hydrogen-bond donors (Lipinski definition) is 1. The SMILES string of the molecule is CN(CC(=O)O)Cc1ccc(C#N)cc1Cl. The molecule has 0 unspecified atom stereocenters. The van der Waals surface area contributed by atoms with E-state index in [1.54, 1.807) is 30.1 Å². The Balaban J connectivity index is 2.75. The number of hydrogen-bond acceptors (Lipinski definition) is 3. The van der Waals surface area contributed by atoms with Crippen LogP contribution in [0.4, 0.5) is 0 Å². The maximum atomic E-state index is 10.5. The molecule has 1 aromatic carbocycles. The maximum Gasteiger partial charge on any atom is 0.317 e. The molecule has 0 radical (unpaired) electrons. The van der Waals surface area contributed by atoms with Crippen molar-refractivity contribution >= 4 is 17.6 Å². The van der Waals surface area contributed by atoms with E-state index in [1.807, 2.05) is 6.07 Å². The Morgan fingerprint density at radius 3 is 2.81 bits per heavy atom. The monoisotopic (exact) mass is 238 g/mol. The van der Waals surface area contributed by atoms with Crippen LogP contribution < -0.4 is 0 Å². The van der Waals surface area contributed by atoms with Crippen LogP contribution in [0.15, 0.2) is 18.2 Å². The number of halogens is 1. The number of carbonyl (C=O) groups is 1. The van der Waals surface area contributed by atoms with E-state index in [0.29, 0.717) is 17.1 Å².